The van der Waals surface area contributed by atoms with Gasteiger partial charge in [-0.3, -0.25) is 4.90 Å². The second-order valence-electron chi connectivity index (χ2n) is 5.55. The predicted octanol–water partition coefficient (Wildman–Crippen LogP) is -1.12. The van der Waals surface area contributed by atoms with Crippen LogP contribution in [0.25, 0.3) is 0 Å². The summed E-state index contributed by atoms with van der Waals surface area (Å²) in [5, 5.41) is 3.26. The Balaban J connectivity index is 1.72. The summed E-state index contributed by atoms with van der Waals surface area (Å²) < 4.78 is 45.5. The van der Waals surface area contributed by atoms with E-state index < -0.39 is 19.7 Å². The van der Waals surface area contributed by atoms with Gasteiger partial charge in [-0.05, 0) is 13.3 Å². The lowest BCUT2D eigenvalue weighted by Gasteiger charge is -2.33. The highest BCUT2D eigenvalue weighted by molar-refractivity contribution is 7.91. The van der Waals surface area contributed by atoms with E-state index in [-0.39, 0.29) is 35.1 Å². The quantitative estimate of drug-likeness (QED) is 0.708. The Bertz CT molecular complexity index is 515. The number of nitrogens with zero attached hydrogens (tertiary/aromatic N) is 1. The zero-order valence-electron chi connectivity index (χ0n) is 11.2. The lowest BCUT2D eigenvalue weighted by Crippen LogP contribution is -2.49. The monoisotopic (exact) mass is 310 g/mol. The Morgan fingerprint density at radius 3 is 2.37 bits per heavy atom. The molecule has 2 saturated heterocycles. The molecule has 0 aromatic rings. The minimum Gasteiger partial charge on any atom is -0.312 e. The first-order valence-corrected chi connectivity index (χ1v) is 10.3. The van der Waals surface area contributed by atoms with Crippen LogP contribution in [-0.2, 0) is 19.7 Å². The van der Waals surface area contributed by atoms with Gasteiger partial charge >= 0.3 is 0 Å². The predicted molar refractivity (Wildman–Crippen MR) is 74.8 cm³/mol. The Morgan fingerprint density at radius 1 is 1.11 bits per heavy atom. The van der Waals surface area contributed by atoms with Crippen molar-refractivity contribution < 1.29 is 16.8 Å². The first-order valence-electron chi connectivity index (χ1n) is 6.66. The van der Waals surface area contributed by atoms with E-state index in [9.17, 15) is 16.8 Å². The maximum Gasteiger partial charge on any atom is 0.153 e. The maximum absolute atomic E-state index is 11.5. The van der Waals surface area contributed by atoms with Gasteiger partial charge in [0.15, 0.2) is 19.7 Å². The zero-order valence-corrected chi connectivity index (χ0v) is 12.8. The van der Waals surface area contributed by atoms with Gasteiger partial charge in [0.2, 0.25) is 0 Å². The molecule has 19 heavy (non-hydrogen) atoms. The number of hydrogen-bond acceptors (Lipinski definition) is 6. The molecule has 2 fully saturated rings. The molecule has 2 aliphatic heterocycles. The summed E-state index contributed by atoms with van der Waals surface area (Å²) in [5.41, 5.74) is 0. The Labute approximate surface area is 115 Å². The van der Waals surface area contributed by atoms with E-state index in [1.807, 2.05) is 6.92 Å². The van der Waals surface area contributed by atoms with Gasteiger partial charge in [0.05, 0.1) is 23.0 Å². The van der Waals surface area contributed by atoms with Crippen molar-refractivity contribution in [1.82, 2.24) is 10.2 Å². The minimum atomic E-state index is -2.86. The van der Waals surface area contributed by atoms with Crippen molar-refractivity contribution in [2.75, 3.05) is 42.6 Å². The molecule has 2 heterocycles. The molecule has 1 N–H and O–H groups in total. The van der Waals surface area contributed by atoms with E-state index >= 15 is 0 Å². The normalized spacial score (nSPS) is 34.4. The lowest BCUT2D eigenvalue weighted by molar-refractivity contribution is 0.225. The highest BCUT2D eigenvalue weighted by Gasteiger charge is 2.29. The molecule has 0 bridgehead atoms. The topological polar surface area (TPSA) is 83.6 Å². The van der Waals surface area contributed by atoms with Crippen molar-refractivity contribution in [2.24, 2.45) is 0 Å². The fourth-order valence-electron chi connectivity index (χ4n) is 2.73. The van der Waals surface area contributed by atoms with Crippen molar-refractivity contribution in [3.8, 4) is 0 Å². The van der Waals surface area contributed by atoms with Crippen LogP contribution in [0.5, 0.6) is 0 Å². The molecule has 0 spiro atoms. The molecule has 0 saturated carbocycles. The van der Waals surface area contributed by atoms with Crippen molar-refractivity contribution in [1.29, 1.82) is 0 Å². The van der Waals surface area contributed by atoms with Gasteiger partial charge in [-0.15, -0.1) is 0 Å². The zero-order chi connectivity index (χ0) is 14.1. The molecule has 6 nitrogen and oxygen atoms in total. The highest BCUT2D eigenvalue weighted by atomic mass is 32.2. The van der Waals surface area contributed by atoms with E-state index in [0.29, 0.717) is 19.5 Å². The number of hydrogen-bond donors (Lipinski definition) is 1. The molecular formula is C11H22N2O4S2. The summed E-state index contributed by atoms with van der Waals surface area (Å²) in [4.78, 5) is 2.15. The molecule has 2 aliphatic rings. The molecule has 0 aromatic heterocycles. The van der Waals surface area contributed by atoms with Crippen molar-refractivity contribution >= 4 is 19.7 Å². The fraction of sp³-hybridized carbons (Fsp3) is 1.00. The van der Waals surface area contributed by atoms with Crippen molar-refractivity contribution in [3.05, 3.63) is 0 Å². The van der Waals surface area contributed by atoms with Crippen LogP contribution in [-0.4, -0.2) is 76.5 Å². The third-order valence-electron chi connectivity index (χ3n) is 3.87. The molecule has 8 heteroatoms. The smallest absolute Gasteiger partial charge is 0.153 e. The first kappa shape index (κ1) is 15.2. The van der Waals surface area contributed by atoms with Crippen LogP contribution < -0.4 is 5.32 Å². The summed E-state index contributed by atoms with van der Waals surface area (Å²) in [5.74, 6) is 0.972. The number of sulfone groups is 2. The molecular weight excluding hydrogens is 288 g/mol. The Morgan fingerprint density at radius 2 is 1.79 bits per heavy atom. The van der Waals surface area contributed by atoms with Crippen molar-refractivity contribution in [2.45, 2.75) is 25.4 Å². The highest BCUT2D eigenvalue weighted by Crippen LogP contribution is 2.12. The van der Waals surface area contributed by atoms with Crippen LogP contribution in [0.2, 0.25) is 0 Å². The summed E-state index contributed by atoms with van der Waals surface area (Å²) >= 11 is 0. The third kappa shape index (κ3) is 4.40. The van der Waals surface area contributed by atoms with E-state index in [4.69, 9.17) is 0 Å². The molecule has 0 aromatic carbocycles. The molecule has 112 valence electrons. The van der Waals surface area contributed by atoms with Gasteiger partial charge in [0.25, 0.3) is 0 Å². The SMILES string of the molecule is CC1CS(=O)(=O)CCN1CCNC1CCS(=O)(=O)C1. The largest absolute Gasteiger partial charge is 0.312 e. The van der Waals surface area contributed by atoms with Crippen LogP contribution >= 0.6 is 0 Å². The summed E-state index contributed by atoms with van der Waals surface area (Å²) in [7, 11) is -5.69. The lowest BCUT2D eigenvalue weighted by atomic mass is 10.2. The molecule has 0 aliphatic carbocycles. The van der Waals surface area contributed by atoms with Gasteiger partial charge in [0.1, 0.15) is 0 Å². The summed E-state index contributed by atoms with van der Waals surface area (Å²) in [6, 6.07) is 0.113. The van der Waals surface area contributed by atoms with Crippen LogP contribution in [0, 0.1) is 0 Å². The third-order valence-corrected chi connectivity index (χ3v) is 7.44. The Kier molecular flexibility index (Phi) is 4.54. The van der Waals surface area contributed by atoms with Crippen molar-refractivity contribution in [3.63, 3.8) is 0 Å². The van der Waals surface area contributed by atoms with Gasteiger partial charge in [-0.1, -0.05) is 0 Å². The summed E-state index contributed by atoms with van der Waals surface area (Å²) in [6.45, 7) is 3.99. The fourth-order valence-corrected chi connectivity index (χ4v) is 6.07. The van der Waals surface area contributed by atoms with E-state index in [1.54, 1.807) is 0 Å². The van der Waals surface area contributed by atoms with Gasteiger partial charge < -0.3 is 5.32 Å². The van der Waals surface area contributed by atoms with Gasteiger partial charge in [-0.2, -0.15) is 0 Å². The molecule has 2 rings (SSSR count). The number of nitrogens with one attached hydrogen (secondary N) is 1. The molecule has 0 radical (unpaired) electrons. The second kappa shape index (κ2) is 5.67. The Hall–Kier alpha value is -0.180. The van der Waals surface area contributed by atoms with Gasteiger partial charge in [0, 0.05) is 31.7 Å². The standard InChI is InChI=1S/C11H22N2O4S2/c1-10-8-19(16,17)7-5-13(10)4-3-12-11-2-6-18(14,15)9-11/h10-12H,2-9H2,1H3. The van der Waals surface area contributed by atoms with Crippen LogP contribution in [0.15, 0.2) is 0 Å². The van der Waals surface area contributed by atoms with Crippen LogP contribution in [0.1, 0.15) is 13.3 Å². The average molecular weight is 310 g/mol. The average Bonchev–Trinajstić information content (AvgIpc) is 2.61. The number of rotatable bonds is 4. The van der Waals surface area contributed by atoms with Crippen LogP contribution in [0.3, 0.4) is 0 Å². The molecule has 0 amide bonds. The van der Waals surface area contributed by atoms with E-state index in [0.717, 1.165) is 6.54 Å². The van der Waals surface area contributed by atoms with Gasteiger partial charge in [-0.25, -0.2) is 16.8 Å². The minimum absolute atomic E-state index is 0.0489. The van der Waals surface area contributed by atoms with E-state index in [1.165, 1.54) is 0 Å². The molecule has 2 unspecified atom stereocenters. The van der Waals surface area contributed by atoms with Crippen LogP contribution in [0.4, 0.5) is 0 Å². The second-order valence-corrected chi connectivity index (χ2v) is 10.0. The van der Waals surface area contributed by atoms with E-state index in [2.05, 4.69) is 10.2 Å². The molecule has 2 atom stereocenters. The first-order chi connectivity index (χ1) is 8.77. The maximum atomic E-state index is 11.5. The summed E-state index contributed by atoms with van der Waals surface area (Å²) in [6.07, 6.45) is 0.687.